The zero-order chi connectivity index (χ0) is 14.3. The van der Waals surface area contributed by atoms with Gasteiger partial charge in [-0.2, -0.15) is 0 Å². The van der Waals surface area contributed by atoms with Gasteiger partial charge < -0.3 is 20.5 Å². The maximum Gasteiger partial charge on any atom is 0.315 e. The van der Waals surface area contributed by atoms with E-state index in [2.05, 4.69) is 10.6 Å². The molecule has 5 heteroatoms. The minimum Gasteiger partial charge on any atom is -0.396 e. The SMILES string of the molecule is O=C(NCc1ccccc1)NCC1(CO)CCOCC1. The van der Waals surface area contributed by atoms with Crippen LogP contribution in [0.25, 0.3) is 0 Å². The maximum absolute atomic E-state index is 11.8. The van der Waals surface area contributed by atoms with Crippen LogP contribution in [-0.4, -0.2) is 37.5 Å². The van der Waals surface area contributed by atoms with Crippen molar-refractivity contribution in [2.75, 3.05) is 26.4 Å². The van der Waals surface area contributed by atoms with Gasteiger partial charge in [-0.05, 0) is 18.4 Å². The molecule has 1 aromatic rings. The predicted octanol–water partition coefficient (Wildman–Crippen LogP) is 1.27. The lowest BCUT2D eigenvalue weighted by Gasteiger charge is -2.35. The molecule has 0 spiro atoms. The highest BCUT2D eigenvalue weighted by Gasteiger charge is 2.32. The first-order valence-electron chi connectivity index (χ1n) is 6.98. The van der Waals surface area contributed by atoms with Crippen LogP contribution in [0.1, 0.15) is 18.4 Å². The van der Waals surface area contributed by atoms with Gasteiger partial charge in [0.05, 0.1) is 6.61 Å². The third kappa shape index (κ3) is 4.21. The molecule has 20 heavy (non-hydrogen) atoms. The quantitative estimate of drug-likeness (QED) is 0.759. The molecule has 1 fully saturated rings. The number of carbonyl (C=O) groups is 1. The Kier molecular flexibility index (Phi) is 5.38. The van der Waals surface area contributed by atoms with Crippen LogP contribution in [0, 0.1) is 5.41 Å². The lowest BCUT2D eigenvalue weighted by atomic mass is 9.81. The third-order valence-corrected chi connectivity index (χ3v) is 3.81. The topological polar surface area (TPSA) is 70.6 Å². The molecule has 0 aromatic heterocycles. The molecular weight excluding hydrogens is 256 g/mol. The van der Waals surface area contributed by atoms with Crippen molar-refractivity contribution in [2.24, 2.45) is 5.41 Å². The van der Waals surface area contributed by atoms with Crippen molar-refractivity contribution in [3.63, 3.8) is 0 Å². The van der Waals surface area contributed by atoms with Gasteiger partial charge in [0.1, 0.15) is 0 Å². The normalized spacial score (nSPS) is 17.4. The van der Waals surface area contributed by atoms with Gasteiger partial charge >= 0.3 is 6.03 Å². The van der Waals surface area contributed by atoms with Crippen LogP contribution in [0.4, 0.5) is 4.79 Å². The summed E-state index contributed by atoms with van der Waals surface area (Å²) < 4.78 is 5.30. The maximum atomic E-state index is 11.8. The van der Waals surface area contributed by atoms with Gasteiger partial charge in [-0.1, -0.05) is 30.3 Å². The van der Waals surface area contributed by atoms with E-state index < -0.39 is 0 Å². The Labute approximate surface area is 119 Å². The van der Waals surface area contributed by atoms with Gasteiger partial charge in [-0.25, -0.2) is 4.79 Å². The van der Waals surface area contributed by atoms with E-state index in [4.69, 9.17) is 4.74 Å². The van der Waals surface area contributed by atoms with Gasteiger partial charge in [0, 0.05) is 31.7 Å². The first kappa shape index (κ1) is 14.8. The number of carbonyl (C=O) groups excluding carboxylic acids is 1. The van der Waals surface area contributed by atoms with Gasteiger partial charge in [-0.3, -0.25) is 0 Å². The molecule has 1 heterocycles. The first-order valence-corrected chi connectivity index (χ1v) is 6.98. The summed E-state index contributed by atoms with van der Waals surface area (Å²) in [6.45, 7) is 2.35. The number of aliphatic hydroxyl groups excluding tert-OH is 1. The van der Waals surface area contributed by atoms with E-state index in [0.717, 1.165) is 18.4 Å². The zero-order valence-corrected chi connectivity index (χ0v) is 11.6. The highest BCUT2D eigenvalue weighted by Crippen LogP contribution is 2.28. The molecule has 2 rings (SSSR count). The molecule has 0 saturated carbocycles. The number of urea groups is 1. The minimum absolute atomic E-state index is 0.0787. The number of ether oxygens (including phenoxy) is 1. The van der Waals surface area contributed by atoms with Gasteiger partial charge in [0.15, 0.2) is 0 Å². The molecule has 3 N–H and O–H groups in total. The Bertz CT molecular complexity index is 416. The van der Waals surface area contributed by atoms with E-state index in [0.29, 0.717) is 26.3 Å². The lowest BCUT2D eigenvalue weighted by Crippen LogP contribution is -2.46. The monoisotopic (exact) mass is 278 g/mol. The summed E-state index contributed by atoms with van der Waals surface area (Å²) in [5, 5.41) is 15.2. The molecular formula is C15H22N2O3. The van der Waals surface area contributed by atoms with Crippen molar-refractivity contribution in [3.8, 4) is 0 Å². The van der Waals surface area contributed by atoms with E-state index >= 15 is 0 Å². The fourth-order valence-corrected chi connectivity index (χ4v) is 2.30. The van der Waals surface area contributed by atoms with Crippen LogP contribution < -0.4 is 10.6 Å². The van der Waals surface area contributed by atoms with E-state index in [1.807, 2.05) is 30.3 Å². The Morgan fingerprint density at radius 1 is 1.20 bits per heavy atom. The molecule has 1 saturated heterocycles. The van der Waals surface area contributed by atoms with Gasteiger partial charge in [0.25, 0.3) is 0 Å². The average molecular weight is 278 g/mol. The van der Waals surface area contributed by atoms with E-state index in [1.54, 1.807) is 0 Å². The summed E-state index contributed by atoms with van der Waals surface area (Å²) in [6, 6.07) is 9.56. The molecule has 1 aliphatic heterocycles. The third-order valence-electron chi connectivity index (χ3n) is 3.81. The average Bonchev–Trinajstić information content (AvgIpc) is 2.53. The molecule has 0 bridgehead atoms. The molecule has 0 aliphatic carbocycles. The summed E-state index contributed by atoms with van der Waals surface area (Å²) in [5.41, 5.74) is 0.827. The van der Waals surface area contributed by atoms with Crippen LogP contribution in [0.5, 0.6) is 0 Å². The second kappa shape index (κ2) is 7.26. The number of aliphatic hydroxyl groups is 1. The summed E-state index contributed by atoms with van der Waals surface area (Å²) >= 11 is 0. The van der Waals surface area contributed by atoms with Gasteiger partial charge in [0.2, 0.25) is 0 Å². The van der Waals surface area contributed by atoms with E-state index in [1.165, 1.54) is 0 Å². The van der Waals surface area contributed by atoms with Crippen LogP contribution >= 0.6 is 0 Å². The van der Waals surface area contributed by atoms with Crippen molar-refractivity contribution < 1.29 is 14.6 Å². The standard InChI is InChI=1S/C15H22N2O3/c18-12-15(6-8-20-9-7-15)11-17-14(19)16-10-13-4-2-1-3-5-13/h1-5,18H,6-12H2,(H2,16,17,19). The molecule has 1 aliphatic rings. The largest absolute Gasteiger partial charge is 0.396 e. The Morgan fingerprint density at radius 3 is 2.55 bits per heavy atom. The predicted molar refractivity (Wildman–Crippen MR) is 76.3 cm³/mol. The van der Waals surface area contributed by atoms with Crippen molar-refractivity contribution in [1.29, 1.82) is 0 Å². The molecule has 0 radical (unpaired) electrons. The zero-order valence-electron chi connectivity index (χ0n) is 11.6. The van der Waals surface area contributed by atoms with Crippen molar-refractivity contribution in [2.45, 2.75) is 19.4 Å². The number of hydrogen-bond donors (Lipinski definition) is 3. The highest BCUT2D eigenvalue weighted by atomic mass is 16.5. The summed E-state index contributed by atoms with van der Waals surface area (Å²) in [5.74, 6) is 0. The Morgan fingerprint density at radius 2 is 1.90 bits per heavy atom. The second-order valence-electron chi connectivity index (χ2n) is 5.29. The molecule has 2 amide bonds. The van der Waals surface area contributed by atoms with Crippen molar-refractivity contribution in [3.05, 3.63) is 35.9 Å². The Hall–Kier alpha value is -1.59. The van der Waals surface area contributed by atoms with Gasteiger partial charge in [-0.15, -0.1) is 0 Å². The number of rotatable bonds is 5. The number of hydrogen-bond acceptors (Lipinski definition) is 3. The van der Waals surface area contributed by atoms with Crippen LogP contribution in [0.3, 0.4) is 0 Å². The second-order valence-corrected chi connectivity index (χ2v) is 5.29. The molecule has 1 aromatic carbocycles. The fourth-order valence-electron chi connectivity index (χ4n) is 2.30. The fraction of sp³-hybridized carbons (Fsp3) is 0.533. The minimum atomic E-state index is -0.234. The molecule has 5 nitrogen and oxygen atoms in total. The number of amides is 2. The molecule has 110 valence electrons. The van der Waals surface area contributed by atoms with Crippen molar-refractivity contribution in [1.82, 2.24) is 10.6 Å². The van der Waals surface area contributed by atoms with Crippen molar-refractivity contribution >= 4 is 6.03 Å². The van der Waals surface area contributed by atoms with E-state index in [9.17, 15) is 9.90 Å². The molecule has 0 unspecified atom stereocenters. The summed E-state index contributed by atoms with van der Waals surface area (Å²) in [6.07, 6.45) is 1.56. The van der Waals surface area contributed by atoms with Crippen LogP contribution in [-0.2, 0) is 11.3 Å². The lowest BCUT2D eigenvalue weighted by molar-refractivity contribution is -0.0138. The number of nitrogens with one attached hydrogen (secondary N) is 2. The smallest absolute Gasteiger partial charge is 0.315 e. The highest BCUT2D eigenvalue weighted by molar-refractivity contribution is 5.73. The van der Waals surface area contributed by atoms with Crippen LogP contribution in [0.15, 0.2) is 30.3 Å². The van der Waals surface area contributed by atoms with E-state index in [-0.39, 0.29) is 18.1 Å². The summed E-state index contributed by atoms with van der Waals surface area (Å²) in [4.78, 5) is 11.8. The summed E-state index contributed by atoms with van der Waals surface area (Å²) in [7, 11) is 0. The van der Waals surface area contributed by atoms with Crippen LogP contribution in [0.2, 0.25) is 0 Å². The Balaban J connectivity index is 1.74. The number of benzene rings is 1. The first-order chi connectivity index (χ1) is 9.74. The molecule has 0 atom stereocenters.